The molecular weight excluding hydrogens is 377 g/mol. The monoisotopic (exact) mass is 398 g/mol. The van der Waals surface area contributed by atoms with Gasteiger partial charge in [-0.25, -0.2) is 4.98 Å². The fraction of sp³-hybridized carbons (Fsp3) is 0.273. The van der Waals surface area contributed by atoms with Crippen molar-refractivity contribution < 1.29 is 13.2 Å². The van der Waals surface area contributed by atoms with E-state index in [1.54, 1.807) is 12.1 Å². The van der Waals surface area contributed by atoms with Gasteiger partial charge in [-0.3, -0.25) is 0 Å². The van der Waals surface area contributed by atoms with Crippen molar-refractivity contribution in [3.8, 4) is 11.3 Å². The van der Waals surface area contributed by atoms with Crippen molar-refractivity contribution in [3.05, 3.63) is 66.2 Å². The summed E-state index contributed by atoms with van der Waals surface area (Å²) in [5.41, 5.74) is 0.749. The molecule has 0 atom stereocenters. The molecule has 0 spiro atoms. The normalized spacial score (nSPS) is 14.7. The second kappa shape index (κ2) is 8.11. The minimum Gasteiger partial charge on any atom is -0.351 e. The van der Waals surface area contributed by atoms with E-state index in [9.17, 15) is 13.2 Å². The third-order valence-electron chi connectivity index (χ3n) is 4.98. The molecule has 1 heterocycles. The van der Waals surface area contributed by atoms with Crippen LogP contribution in [0.2, 0.25) is 0 Å². The molecule has 0 bridgehead atoms. The van der Waals surface area contributed by atoms with Gasteiger partial charge in [0, 0.05) is 17.7 Å². The van der Waals surface area contributed by atoms with Gasteiger partial charge in [-0.15, -0.1) is 0 Å². The molecule has 7 heteroatoms. The fourth-order valence-corrected chi connectivity index (χ4v) is 3.56. The fourth-order valence-electron chi connectivity index (χ4n) is 3.56. The number of aromatic nitrogens is 2. The Morgan fingerprint density at radius 3 is 2.28 bits per heavy atom. The summed E-state index contributed by atoms with van der Waals surface area (Å²) in [5, 5.41) is 6.18. The number of para-hydroxylation sites is 1. The summed E-state index contributed by atoms with van der Waals surface area (Å²) in [4.78, 5) is 9.04. The van der Waals surface area contributed by atoms with E-state index in [2.05, 4.69) is 20.6 Å². The second-order valence-electron chi connectivity index (χ2n) is 7.12. The molecule has 1 aromatic heterocycles. The molecule has 1 saturated carbocycles. The van der Waals surface area contributed by atoms with E-state index in [0.29, 0.717) is 17.5 Å². The molecule has 0 unspecified atom stereocenters. The van der Waals surface area contributed by atoms with Crippen molar-refractivity contribution in [1.82, 2.24) is 9.97 Å². The molecule has 2 N–H and O–H groups in total. The lowest BCUT2D eigenvalue weighted by atomic mass is 10.1. The lowest BCUT2D eigenvalue weighted by molar-refractivity contribution is -0.136. The van der Waals surface area contributed by atoms with E-state index in [1.165, 1.54) is 12.1 Å². The van der Waals surface area contributed by atoms with Crippen LogP contribution in [0.15, 0.2) is 60.7 Å². The molecule has 0 amide bonds. The highest BCUT2D eigenvalue weighted by molar-refractivity contribution is 5.69. The van der Waals surface area contributed by atoms with Gasteiger partial charge in [-0.05, 0) is 25.0 Å². The highest BCUT2D eigenvalue weighted by atomic mass is 19.4. The van der Waals surface area contributed by atoms with Crippen molar-refractivity contribution in [3.63, 3.8) is 0 Å². The summed E-state index contributed by atoms with van der Waals surface area (Å²) in [5.74, 6) is 0.737. The summed E-state index contributed by atoms with van der Waals surface area (Å²) in [6, 6.07) is 16.9. The number of rotatable bonds is 5. The number of hydrogen-bond acceptors (Lipinski definition) is 4. The van der Waals surface area contributed by atoms with Gasteiger partial charge in [0.05, 0.1) is 16.9 Å². The molecule has 2 aromatic carbocycles. The lowest BCUT2D eigenvalue weighted by Gasteiger charge is -2.17. The third-order valence-corrected chi connectivity index (χ3v) is 4.98. The average molecular weight is 398 g/mol. The number of nitrogens with one attached hydrogen (secondary N) is 2. The maximum absolute atomic E-state index is 13.4. The van der Waals surface area contributed by atoms with Gasteiger partial charge in [0.25, 0.3) is 0 Å². The largest absolute Gasteiger partial charge is 0.418 e. The Bertz CT molecular complexity index is 967. The lowest BCUT2D eigenvalue weighted by Crippen LogP contribution is -2.17. The number of alkyl halides is 3. The molecule has 0 saturated heterocycles. The van der Waals surface area contributed by atoms with Crippen LogP contribution in [0, 0.1) is 0 Å². The first-order chi connectivity index (χ1) is 14.0. The standard InChI is InChI=1S/C22H21F3N4/c23-22(24,25)17-12-6-7-13-18(17)27-20-14-19(15-8-2-1-3-9-15)28-21(29-20)26-16-10-4-5-11-16/h1-3,6-9,12-14,16H,4-5,10-11H2,(H2,26,27,28,29). The Morgan fingerprint density at radius 1 is 0.862 bits per heavy atom. The van der Waals surface area contributed by atoms with E-state index in [4.69, 9.17) is 0 Å². The van der Waals surface area contributed by atoms with Crippen LogP contribution in [0.3, 0.4) is 0 Å². The van der Waals surface area contributed by atoms with Crippen LogP contribution < -0.4 is 10.6 Å². The van der Waals surface area contributed by atoms with Crippen LogP contribution in [-0.4, -0.2) is 16.0 Å². The first-order valence-corrected chi connectivity index (χ1v) is 9.63. The van der Waals surface area contributed by atoms with Crippen LogP contribution in [-0.2, 0) is 6.18 Å². The Labute approximate surface area is 167 Å². The van der Waals surface area contributed by atoms with Crippen molar-refractivity contribution in [2.24, 2.45) is 0 Å². The molecule has 150 valence electrons. The zero-order valence-corrected chi connectivity index (χ0v) is 15.7. The van der Waals surface area contributed by atoms with Crippen LogP contribution in [0.25, 0.3) is 11.3 Å². The van der Waals surface area contributed by atoms with E-state index < -0.39 is 11.7 Å². The van der Waals surface area contributed by atoms with Gasteiger partial charge < -0.3 is 10.6 Å². The molecule has 1 fully saturated rings. The maximum atomic E-state index is 13.4. The van der Waals surface area contributed by atoms with Crippen molar-refractivity contribution >= 4 is 17.5 Å². The average Bonchev–Trinajstić information content (AvgIpc) is 3.21. The number of nitrogens with zero attached hydrogens (tertiary/aromatic N) is 2. The first kappa shape index (κ1) is 19.2. The van der Waals surface area contributed by atoms with Gasteiger partial charge in [-0.2, -0.15) is 18.2 Å². The third kappa shape index (κ3) is 4.67. The zero-order chi connectivity index (χ0) is 20.3. The van der Waals surface area contributed by atoms with Crippen molar-refractivity contribution in [2.45, 2.75) is 37.9 Å². The Hall–Kier alpha value is -3.09. The smallest absolute Gasteiger partial charge is 0.351 e. The van der Waals surface area contributed by atoms with Crippen LogP contribution >= 0.6 is 0 Å². The van der Waals surface area contributed by atoms with Gasteiger partial charge in [0.15, 0.2) is 0 Å². The van der Waals surface area contributed by atoms with Gasteiger partial charge in [-0.1, -0.05) is 55.3 Å². The quantitative estimate of drug-likeness (QED) is 0.533. The van der Waals surface area contributed by atoms with Crippen molar-refractivity contribution in [1.29, 1.82) is 0 Å². The summed E-state index contributed by atoms with van der Waals surface area (Å²) in [6.07, 6.45) is -0.0682. The molecule has 29 heavy (non-hydrogen) atoms. The summed E-state index contributed by atoms with van der Waals surface area (Å²) in [7, 11) is 0. The Kier molecular flexibility index (Phi) is 5.38. The van der Waals surface area contributed by atoms with Crippen molar-refractivity contribution in [2.75, 3.05) is 10.6 Å². The minimum atomic E-state index is -4.45. The second-order valence-corrected chi connectivity index (χ2v) is 7.12. The SMILES string of the molecule is FC(F)(F)c1ccccc1Nc1cc(-c2ccccc2)nc(NC2CCCC2)n1. The van der Waals surface area contributed by atoms with Crippen LogP contribution in [0.5, 0.6) is 0 Å². The predicted octanol–water partition coefficient (Wildman–Crippen LogP) is 6.26. The highest BCUT2D eigenvalue weighted by Crippen LogP contribution is 2.36. The van der Waals surface area contributed by atoms with Crippen LogP contribution in [0.4, 0.5) is 30.6 Å². The number of hydrogen-bond donors (Lipinski definition) is 2. The summed E-state index contributed by atoms with van der Waals surface area (Å²) >= 11 is 0. The molecule has 0 radical (unpaired) electrons. The summed E-state index contributed by atoms with van der Waals surface area (Å²) < 4.78 is 40.1. The topological polar surface area (TPSA) is 49.8 Å². The Balaban J connectivity index is 1.71. The highest BCUT2D eigenvalue weighted by Gasteiger charge is 2.33. The maximum Gasteiger partial charge on any atom is 0.418 e. The van der Waals surface area contributed by atoms with Gasteiger partial charge in [0.2, 0.25) is 5.95 Å². The number of anilines is 3. The number of halogens is 3. The molecule has 3 aromatic rings. The molecule has 4 nitrogen and oxygen atoms in total. The molecule has 0 aliphatic heterocycles. The molecule has 1 aliphatic rings. The van der Waals surface area contributed by atoms with E-state index in [0.717, 1.165) is 37.3 Å². The molecule has 1 aliphatic carbocycles. The van der Waals surface area contributed by atoms with Gasteiger partial charge in [0.1, 0.15) is 5.82 Å². The summed E-state index contributed by atoms with van der Waals surface area (Å²) in [6.45, 7) is 0. The van der Waals surface area contributed by atoms with E-state index in [1.807, 2.05) is 30.3 Å². The van der Waals surface area contributed by atoms with Crippen LogP contribution in [0.1, 0.15) is 31.2 Å². The van der Waals surface area contributed by atoms with Gasteiger partial charge >= 0.3 is 6.18 Å². The molecule has 4 rings (SSSR count). The Morgan fingerprint density at radius 2 is 1.55 bits per heavy atom. The predicted molar refractivity (Wildman–Crippen MR) is 108 cm³/mol. The molecular formula is C22H21F3N4. The first-order valence-electron chi connectivity index (χ1n) is 9.63. The zero-order valence-electron chi connectivity index (χ0n) is 15.7. The van der Waals surface area contributed by atoms with E-state index in [-0.39, 0.29) is 11.7 Å². The van der Waals surface area contributed by atoms with E-state index >= 15 is 0 Å². The minimum absolute atomic E-state index is 0.0375. The number of benzene rings is 2.